The molecule has 3 aromatic rings. The molecule has 1 aliphatic rings. The number of amides is 1. The van der Waals surface area contributed by atoms with Gasteiger partial charge in [0.25, 0.3) is 11.7 Å². The number of ketones is 1. The van der Waals surface area contributed by atoms with Gasteiger partial charge in [0.05, 0.1) is 43.2 Å². The van der Waals surface area contributed by atoms with Gasteiger partial charge in [-0.3, -0.25) is 19.5 Å². The van der Waals surface area contributed by atoms with Gasteiger partial charge in [-0.25, -0.2) is 0 Å². The first kappa shape index (κ1) is 24.4. The van der Waals surface area contributed by atoms with Crippen molar-refractivity contribution < 1.29 is 28.9 Å². The van der Waals surface area contributed by atoms with Gasteiger partial charge in [0.15, 0.2) is 11.5 Å². The molecule has 35 heavy (non-hydrogen) atoms. The molecule has 0 radical (unpaired) electrons. The third-order valence-corrected chi connectivity index (χ3v) is 6.18. The molecule has 1 amide bonds. The zero-order chi connectivity index (χ0) is 25.3. The minimum absolute atomic E-state index is 0.00261. The summed E-state index contributed by atoms with van der Waals surface area (Å²) in [5.74, 6) is -1.51. The van der Waals surface area contributed by atoms with Crippen LogP contribution < -0.4 is 19.1 Å². The molecular formula is C25H20Cl2N2O6. The number of ether oxygens (including phenoxy) is 3. The molecule has 1 saturated heterocycles. The van der Waals surface area contributed by atoms with Crippen molar-refractivity contribution in [1.29, 1.82) is 0 Å². The van der Waals surface area contributed by atoms with Crippen LogP contribution in [0.1, 0.15) is 17.3 Å². The maximum Gasteiger partial charge on any atom is 0.300 e. The smallest absolute Gasteiger partial charge is 0.300 e. The van der Waals surface area contributed by atoms with E-state index in [4.69, 9.17) is 37.4 Å². The van der Waals surface area contributed by atoms with Crippen LogP contribution in [-0.2, 0) is 9.59 Å². The predicted octanol–water partition coefficient (Wildman–Crippen LogP) is 5.04. The number of hydrogen-bond donors (Lipinski definition) is 1. The Hall–Kier alpha value is -3.75. The van der Waals surface area contributed by atoms with Crippen LogP contribution in [0, 0.1) is 0 Å². The Kier molecular flexibility index (Phi) is 6.86. The minimum atomic E-state index is -1.03. The summed E-state index contributed by atoms with van der Waals surface area (Å²) in [6.45, 7) is 0. The van der Waals surface area contributed by atoms with Gasteiger partial charge in [0.1, 0.15) is 22.6 Å². The summed E-state index contributed by atoms with van der Waals surface area (Å²) in [6, 6.07) is 12.0. The van der Waals surface area contributed by atoms with Gasteiger partial charge >= 0.3 is 0 Å². The molecule has 0 aliphatic carbocycles. The SMILES string of the molecule is COc1ccc(N2C(=O)C(=O)/C(=C(/O)c3cc(Cl)c(OC)c(Cl)c3OC)C2c2ccccn2)cc1. The summed E-state index contributed by atoms with van der Waals surface area (Å²) >= 11 is 12.7. The summed E-state index contributed by atoms with van der Waals surface area (Å²) in [7, 11) is 4.25. The topological polar surface area (TPSA) is 98.2 Å². The number of hydrogen-bond acceptors (Lipinski definition) is 7. The van der Waals surface area contributed by atoms with Crippen LogP contribution in [0.25, 0.3) is 5.76 Å². The number of nitrogens with zero attached hydrogens (tertiary/aromatic N) is 2. The number of carbonyl (C=O) groups is 2. The monoisotopic (exact) mass is 514 g/mol. The van der Waals surface area contributed by atoms with Crippen molar-refractivity contribution in [3.63, 3.8) is 0 Å². The molecule has 1 aliphatic heterocycles. The van der Waals surface area contributed by atoms with Gasteiger partial charge in [-0.1, -0.05) is 29.3 Å². The average molecular weight is 515 g/mol. The van der Waals surface area contributed by atoms with Gasteiger partial charge in [-0.05, 0) is 42.5 Å². The third kappa shape index (κ3) is 4.15. The van der Waals surface area contributed by atoms with Crippen LogP contribution in [0.4, 0.5) is 5.69 Å². The fourth-order valence-corrected chi connectivity index (χ4v) is 4.64. The lowest BCUT2D eigenvalue weighted by molar-refractivity contribution is -0.132. The third-order valence-electron chi connectivity index (χ3n) is 5.56. The second kappa shape index (κ2) is 9.85. The van der Waals surface area contributed by atoms with Crippen LogP contribution >= 0.6 is 23.2 Å². The summed E-state index contributed by atoms with van der Waals surface area (Å²) in [5, 5.41) is 11.5. The predicted molar refractivity (Wildman–Crippen MR) is 132 cm³/mol. The minimum Gasteiger partial charge on any atom is -0.507 e. The van der Waals surface area contributed by atoms with E-state index in [1.807, 2.05) is 0 Å². The standard InChI is InChI=1S/C25H20Cl2N2O6/c1-33-14-9-7-13(8-10-14)29-20(17-6-4-5-11-28-17)18(22(31)25(29)32)21(30)15-12-16(26)24(35-3)19(27)23(15)34-2/h4-12,20,30H,1-3H3/b21-18+. The van der Waals surface area contributed by atoms with E-state index in [2.05, 4.69) is 4.98 Å². The molecule has 1 fully saturated rings. The lowest BCUT2D eigenvalue weighted by Crippen LogP contribution is -2.29. The van der Waals surface area contributed by atoms with Crippen LogP contribution in [0.5, 0.6) is 17.2 Å². The summed E-state index contributed by atoms with van der Waals surface area (Å²) in [6.07, 6.45) is 1.53. The number of halogens is 2. The highest BCUT2D eigenvalue weighted by atomic mass is 35.5. The highest BCUT2D eigenvalue weighted by Crippen LogP contribution is 2.47. The molecule has 1 N–H and O–H groups in total. The number of methoxy groups -OCH3 is 3. The van der Waals surface area contributed by atoms with E-state index in [-0.39, 0.29) is 32.7 Å². The second-order valence-corrected chi connectivity index (χ2v) is 8.19. The number of pyridine rings is 1. The number of rotatable bonds is 6. The van der Waals surface area contributed by atoms with E-state index in [0.29, 0.717) is 17.1 Å². The maximum atomic E-state index is 13.3. The molecular weight excluding hydrogens is 495 g/mol. The van der Waals surface area contributed by atoms with E-state index in [9.17, 15) is 14.7 Å². The first-order valence-electron chi connectivity index (χ1n) is 10.3. The molecule has 0 spiro atoms. The first-order chi connectivity index (χ1) is 16.8. The Labute approximate surface area is 211 Å². The largest absolute Gasteiger partial charge is 0.507 e. The summed E-state index contributed by atoms with van der Waals surface area (Å²) in [5.41, 5.74) is 0.617. The van der Waals surface area contributed by atoms with Crippen LogP contribution in [0.2, 0.25) is 10.0 Å². The number of aliphatic hydroxyl groups excluding tert-OH is 1. The van der Waals surface area contributed by atoms with Crippen molar-refractivity contribution in [3.8, 4) is 17.2 Å². The average Bonchev–Trinajstić information content (AvgIpc) is 3.14. The van der Waals surface area contributed by atoms with E-state index in [1.54, 1.807) is 42.5 Å². The normalized spacial score (nSPS) is 16.9. The number of aromatic nitrogens is 1. The van der Waals surface area contributed by atoms with E-state index < -0.39 is 23.5 Å². The van der Waals surface area contributed by atoms with Gasteiger partial charge < -0.3 is 19.3 Å². The van der Waals surface area contributed by atoms with E-state index >= 15 is 0 Å². The molecule has 0 saturated carbocycles. The number of Topliss-reactive ketones (excluding diaryl/α,β-unsaturated/α-hetero) is 1. The number of aliphatic hydroxyl groups is 1. The fourth-order valence-electron chi connectivity index (χ4n) is 3.95. The number of carbonyl (C=O) groups excluding carboxylic acids is 2. The molecule has 1 unspecified atom stereocenters. The molecule has 0 bridgehead atoms. The van der Waals surface area contributed by atoms with Crippen LogP contribution in [-0.4, -0.2) is 43.1 Å². The fraction of sp³-hybridized carbons (Fsp3) is 0.160. The van der Waals surface area contributed by atoms with Crippen molar-refractivity contribution in [1.82, 2.24) is 4.98 Å². The quantitative estimate of drug-likeness (QED) is 0.279. The maximum absolute atomic E-state index is 13.3. The van der Waals surface area contributed by atoms with E-state index in [0.717, 1.165) is 0 Å². The Morgan fingerprint density at radius 2 is 1.66 bits per heavy atom. The molecule has 1 atom stereocenters. The molecule has 2 aromatic carbocycles. The number of benzene rings is 2. The Bertz CT molecular complexity index is 1330. The Balaban J connectivity index is 1.98. The van der Waals surface area contributed by atoms with Crippen molar-refractivity contribution in [2.75, 3.05) is 26.2 Å². The Morgan fingerprint density at radius 1 is 0.971 bits per heavy atom. The van der Waals surface area contributed by atoms with Crippen molar-refractivity contribution in [2.45, 2.75) is 6.04 Å². The van der Waals surface area contributed by atoms with Gasteiger partial charge in [-0.15, -0.1) is 0 Å². The van der Waals surface area contributed by atoms with Crippen molar-refractivity contribution in [2.24, 2.45) is 0 Å². The molecule has 8 nitrogen and oxygen atoms in total. The van der Waals surface area contributed by atoms with Gasteiger partial charge in [0.2, 0.25) is 0 Å². The van der Waals surface area contributed by atoms with Gasteiger partial charge in [0, 0.05) is 11.9 Å². The van der Waals surface area contributed by atoms with E-state index in [1.165, 1.54) is 38.5 Å². The lowest BCUT2D eigenvalue weighted by Gasteiger charge is -2.25. The van der Waals surface area contributed by atoms with Crippen molar-refractivity contribution >= 4 is 46.3 Å². The molecule has 1 aromatic heterocycles. The first-order valence-corrected chi connectivity index (χ1v) is 11.1. The molecule has 4 rings (SSSR count). The highest BCUT2D eigenvalue weighted by Gasteiger charge is 2.48. The van der Waals surface area contributed by atoms with Crippen molar-refractivity contribution in [3.05, 3.63) is 81.6 Å². The van der Waals surface area contributed by atoms with Crippen LogP contribution in [0.3, 0.4) is 0 Å². The highest BCUT2D eigenvalue weighted by molar-refractivity contribution is 6.52. The molecule has 10 heteroatoms. The Morgan fingerprint density at radius 3 is 2.23 bits per heavy atom. The second-order valence-electron chi connectivity index (χ2n) is 7.41. The van der Waals surface area contributed by atoms with Gasteiger partial charge in [-0.2, -0.15) is 0 Å². The number of anilines is 1. The zero-order valence-corrected chi connectivity index (χ0v) is 20.4. The van der Waals surface area contributed by atoms with Crippen LogP contribution in [0.15, 0.2) is 60.3 Å². The molecule has 180 valence electrons. The lowest BCUT2D eigenvalue weighted by atomic mass is 9.97. The zero-order valence-electron chi connectivity index (χ0n) is 18.9. The molecule has 2 heterocycles. The summed E-state index contributed by atoms with van der Waals surface area (Å²) in [4.78, 5) is 32.2. The summed E-state index contributed by atoms with van der Waals surface area (Å²) < 4.78 is 15.8.